The van der Waals surface area contributed by atoms with Crippen molar-refractivity contribution in [2.45, 2.75) is 26.7 Å². The summed E-state index contributed by atoms with van der Waals surface area (Å²) in [5.74, 6) is -0.0961. The molecule has 0 aliphatic rings. The molecule has 0 unspecified atom stereocenters. The van der Waals surface area contributed by atoms with Gasteiger partial charge in [-0.25, -0.2) is 14.3 Å². The molecule has 5 aromatic rings. The summed E-state index contributed by atoms with van der Waals surface area (Å²) in [6.45, 7) is 3.98. The number of hydrogen-bond acceptors (Lipinski definition) is 5. The molecule has 31 heavy (non-hydrogen) atoms. The maximum atomic E-state index is 12.6. The van der Waals surface area contributed by atoms with Crippen LogP contribution in [0.3, 0.4) is 0 Å². The van der Waals surface area contributed by atoms with Gasteiger partial charge in [0.15, 0.2) is 5.65 Å². The number of carbonyl (C=O) groups is 1. The molecule has 7 heteroatoms. The van der Waals surface area contributed by atoms with Gasteiger partial charge in [-0.1, -0.05) is 12.1 Å². The molecule has 0 radical (unpaired) electrons. The second-order valence-corrected chi connectivity index (χ2v) is 7.57. The molecule has 1 amide bonds. The lowest BCUT2D eigenvalue weighted by atomic mass is 10.1. The number of rotatable bonds is 4. The number of aryl methyl sites for hydroxylation is 2. The van der Waals surface area contributed by atoms with Crippen molar-refractivity contribution in [1.29, 1.82) is 0 Å². The molecule has 3 aromatic heterocycles. The molecule has 0 bridgehead atoms. The molecule has 0 spiro atoms. The van der Waals surface area contributed by atoms with Crippen LogP contribution in [0.15, 0.2) is 63.8 Å². The molecule has 3 heterocycles. The monoisotopic (exact) mass is 412 g/mol. The maximum Gasteiger partial charge on any atom is 0.336 e. The Labute approximate surface area is 177 Å². The summed E-state index contributed by atoms with van der Waals surface area (Å²) in [5.41, 5.74) is 5.41. The zero-order valence-electron chi connectivity index (χ0n) is 17.2. The van der Waals surface area contributed by atoms with Gasteiger partial charge in [-0.3, -0.25) is 4.79 Å². The summed E-state index contributed by atoms with van der Waals surface area (Å²) in [6.07, 6.45) is 0.878. The van der Waals surface area contributed by atoms with Gasteiger partial charge in [0.25, 0.3) is 0 Å². The van der Waals surface area contributed by atoms with Gasteiger partial charge in [0.2, 0.25) is 5.91 Å². The molecule has 7 nitrogen and oxygen atoms in total. The lowest BCUT2D eigenvalue weighted by Crippen LogP contribution is -2.14. The summed E-state index contributed by atoms with van der Waals surface area (Å²) in [5, 5.41) is 9.36. The second kappa shape index (κ2) is 7.36. The Morgan fingerprint density at radius 1 is 1.10 bits per heavy atom. The van der Waals surface area contributed by atoms with Crippen molar-refractivity contribution < 1.29 is 9.21 Å². The molecule has 1 N–H and O–H groups in total. The van der Waals surface area contributed by atoms with Gasteiger partial charge in [-0.15, -0.1) is 0 Å². The quantitative estimate of drug-likeness (QED) is 0.447. The Hall–Kier alpha value is -4.00. The van der Waals surface area contributed by atoms with Crippen molar-refractivity contribution in [3.8, 4) is 0 Å². The second-order valence-electron chi connectivity index (χ2n) is 7.57. The first-order valence-electron chi connectivity index (χ1n) is 10.1. The highest BCUT2D eigenvalue weighted by Crippen LogP contribution is 2.23. The Balaban J connectivity index is 1.36. The van der Waals surface area contributed by atoms with Crippen LogP contribution in [0.1, 0.15) is 23.4 Å². The smallest absolute Gasteiger partial charge is 0.336 e. The van der Waals surface area contributed by atoms with Crippen LogP contribution in [0.2, 0.25) is 0 Å². The van der Waals surface area contributed by atoms with Crippen molar-refractivity contribution in [3.63, 3.8) is 0 Å². The number of carbonyl (C=O) groups excluding carboxylic acids is 1. The minimum Gasteiger partial charge on any atom is -0.423 e. The molecule has 154 valence electrons. The fraction of sp³-hybridized carbons (Fsp3) is 0.167. The molecule has 0 saturated heterocycles. The largest absolute Gasteiger partial charge is 0.423 e. The zero-order valence-corrected chi connectivity index (χ0v) is 17.2. The highest BCUT2D eigenvalue weighted by atomic mass is 16.4. The molecule has 0 saturated carbocycles. The Morgan fingerprint density at radius 2 is 1.94 bits per heavy atom. The fourth-order valence-electron chi connectivity index (χ4n) is 3.95. The number of hydrogen-bond donors (Lipinski definition) is 1. The third-order valence-corrected chi connectivity index (χ3v) is 5.52. The van der Waals surface area contributed by atoms with E-state index in [-0.39, 0.29) is 5.91 Å². The van der Waals surface area contributed by atoms with Crippen LogP contribution in [0.5, 0.6) is 0 Å². The van der Waals surface area contributed by atoms with Crippen LogP contribution in [0.25, 0.3) is 27.5 Å². The molecule has 5 rings (SSSR count). The maximum absolute atomic E-state index is 12.6. The zero-order chi connectivity index (χ0) is 21.5. The van der Waals surface area contributed by atoms with Crippen molar-refractivity contribution in [3.05, 3.63) is 82.0 Å². The molecule has 2 aromatic carbocycles. The van der Waals surface area contributed by atoms with E-state index in [1.54, 1.807) is 24.3 Å². The Bertz CT molecular complexity index is 1530. The Kier molecular flexibility index (Phi) is 4.51. The first kappa shape index (κ1) is 19.0. The van der Waals surface area contributed by atoms with E-state index in [0.717, 1.165) is 38.9 Å². The van der Waals surface area contributed by atoms with Crippen LogP contribution in [0.4, 0.5) is 5.69 Å². The van der Waals surface area contributed by atoms with Gasteiger partial charge in [0, 0.05) is 40.3 Å². The molecular weight excluding hydrogens is 392 g/mol. The first-order valence-corrected chi connectivity index (χ1v) is 10.1. The summed E-state index contributed by atoms with van der Waals surface area (Å²) in [4.78, 5) is 28.6. The number of benzene rings is 2. The van der Waals surface area contributed by atoms with Crippen LogP contribution in [-0.2, 0) is 11.2 Å². The van der Waals surface area contributed by atoms with Crippen molar-refractivity contribution >= 4 is 39.1 Å². The topological polar surface area (TPSA) is 89.5 Å². The fourth-order valence-corrected chi connectivity index (χ4v) is 3.95. The molecule has 0 aliphatic carbocycles. The number of anilines is 1. The van der Waals surface area contributed by atoms with Crippen LogP contribution in [-0.4, -0.2) is 20.5 Å². The first-order chi connectivity index (χ1) is 15.0. The number of amides is 1. The van der Waals surface area contributed by atoms with Crippen LogP contribution in [0, 0.1) is 13.8 Å². The van der Waals surface area contributed by atoms with Crippen molar-refractivity contribution in [2.24, 2.45) is 0 Å². The lowest BCUT2D eigenvalue weighted by Gasteiger charge is -2.11. The number of fused-ring (bicyclic) bond motifs is 4. The van der Waals surface area contributed by atoms with Gasteiger partial charge in [0.05, 0.1) is 5.52 Å². The number of aromatic nitrogens is 3. The van der Waals surface area contributed by atoms with E-state index in [9.17, 15) is 9.59 Å². The van der Waals surface area contributed by atoms with Gasteiger partial charge < -0.3 is 9.73 Å². The average Bonchev–Trinajstić information content (AvgIpc) is 3.12. The lowest BCUT2D eigenvalue weighted by molar-refractivity contribution is -0.116. The van der Waals surface area contributed by atoms with Gasteiger partial charge >= 0.3 is 5.63 Å². The normalized spacial score (nSPS) is 11.4. The van der Waals surface area contributed by atoms with Crippen molar-refractivity contribution in [2.75, 3.05) is 5.32 Å². The van der Waals surface area contributed by atoms with Crippen LogP contribution < -0.4 is 10.9 Å². The predicted molar refractivity (Wildman–Crippen MR) is 119 cm³/mol. The van der Waals surface area contributed by atoms with E-state index >= 15 is 0 Å². The van der Waals surface area contributed by atoms with Gasteiger partial charge in [-0.05, 0) is 62.2 Å². The van der Waals surface area contributed by atoms with E-state index in [1.807, 2.05) is 42.6 Å². The predicted octanol–water partition coefficient (Wildman–Crippen LogP) is 4.18. The molecule has 0 aliphatic heterocycles. The minimum absolute atomic E-state index is 0.0961. The SMILES string of the molecule is Cc1nc2c3ccccc3nn2c(C)c1CCC(=O)Nc1ccc2oc(=O)ccc2c1. The van der Waals surface area contributed by atoms with Gasteiger partial charge in [-0.2, -0.15) is 5.10 Å². The van der Waals surface area contributed by atoms with Crippen LogP contribution >= 0.6 is 0 Å². The average molecular weight is 412 g/mol. The number of nitrogens with zero attached hydrogens (tertiary/aromatic N) is 3. The van der Waals surface area contributed by atoms with E-state index < -0.39 is 5.63 Å². The number of nitrogens with one attached hydrogen (secondary N) is 1. The van der Waals surface area contributed by atoms with E-state index in [4.69, 9.17) is 9.40 Å². The Morgan fingerprint density at radius 3 is 2.81 bits per heavy atom. The highest BCUT2D eigenvalue weighted by molar-refractivity contribution is 5.94. The van der Waals surface area contributed by atoms with E-state index in [1.165, 1.54) is 6.07 Å². The molecular formula is C24H20N4O3. The standard InChI is InChI=1S/C24H20N4O3/c1-14-18(15(2)28-24(25-14)19-5-3-4-6-20(19)27-28)9-11-22(29)26-17-8-10-21-16(13-17)7-12-23(30)31-21/h3-8,10,12-13H,9,11H2,1-2H3,(H,26,29). The van der Waals surface area contributed by atoms with Crippen molar-refractivity contribution in [1.82, 2.24) is 14.6 Å². The minimum atomic E-state index is -0.398. The molecule has 0 fully saturated rings. The highest BCUT2D eigenvalue weighted by Gasteiger charge is 2.15. The van der Waals surface area contributed by atoms with E-state index in [2.05, 4.69) is 10.4 Å². The molecule has 0 atom stereocenters. The third kappa shape index (κ3) is 3.44. The van der Waals surface area contributed by atoms with E-state index in [0.29, 0.717) is 24.1 Å². The third-order valence-electron chi connectivity index (χ3n) is 5.52. The summed E-state index contributed by atoms with van der Waals surface area (Å²) in [7, 11) is 0. The summed E-state index contributed by atoms with van der Waals surface area (Å²) in [6, 6.07) is 16.2. The van der Waals surface area contributed by atoms with Gasteiger partial charge in [0.1, 0.15) is 5.58 Å². The summed E-state index contributed by atoms with van der Waals surface area (Å²) < 4.78 is 6.99. The summed E-state index contributed by atoms with van der Waals surface area (Å²) >= 11 is 0.